The fourth-order valence-electron chi connectivity index (χ4n) is 3.43. The van der Waals surface area contributed by atoms with Crippen LogP contribution in [-0.2, 0) is 0 Å². The van der Waals surface area contributed by atoms with Crippen LogP contribution in [0.15, 0.2) is 12.2 Å². The molecule has 1 nitrogen and oxygen atoms in total. The van der Waals surface area contributed by atoms with Gasteiger partial charge in [0.2, 0.25) is 0 Å². The molecule has 0 heterocycles. The molecule has 1 N–H and O–H groups in total. The number of rotatable bonds is 3. The fraction of sp³-hybridized carbons (Fsp3) is 0.867. The molecular formula is C15H27N. The molecule has 0 aromatic heterocycles. The molecule has 0 spiro atoms. The summed E-state index contributed by atoms with van der Waals surface area (Å²) in [4.78, 5) is 0. The van der Waals surface area contributed by atoms with Gasteiger partial charge in [-0.05, 0) is 56.4 Å². The van der Waals surface area contributed by atoms with Gasteiger partial charge >= 0.3 is 0 Å². The third-order valence-electron chi connectivity index (χ3n) is 4.56. The van der Waals surface area contributed by atoms with E-state index < -0.39 is 0 Å². The molecule has 0 amide bonds. The summed E-state index contributed by atoms with van der Waals surface area (Å²) < 4.78 is 0. The van der Waals surface area contributed by atoms with Crippen molar-refractivity contribution in [2.45, 2.75) is 58.4 Å². The van der Waals surface area contributed by atoms with Crippen molar-refractivity contribution in [1.82, 2.24) is 5.32 Å². The molecule has 0 aliphatic heterocycles. The van der Waals surface area contributed by atoms with Crippen molar-refractivity contribution < 1.29 is 0 Å². The highest BCUT2D eigenvalue weighted by Crippen LogP contribution is 2.29. The minimum Gasteiger partial charge on any atom is -0.313 e. The van der Waals surface area contributed by atoms with Gasteiger partial charge in [0, 0.05) is 6.04 Å². The second-order valence-electron chi connectivity index (χ2n) is 5.97. The molecule has 1 saturated carbocycles. The summed E-state index contributed by atoms with van der Waals surface area (Å²) in [5, 5.41) is 3.86. The van der Waals surface area contributed by atoms with Gasteiger partial charge in [-0.1, -0.05) is 32.4 Å². The number of nitrogens with one attached hydrogen (secondary N) is 1. The molecule has 92 valence electrons. The summed E-state index contributed by atoms with van der Waals surface area (Å²) in [7, 11) is 0. The van der Waals surface area contributed by atoms with Gasteiger partial charge in [-0.3, -0.25) is 0 Å². The Kier molecular flexibility index (Phi) is 4.45. The third-order valence-corrected chi connectivity index (χ3v) is 4.56. The van der Waals surface area contributed by atoms with Crippen molar-refractivity contribution in [3.05, 3.63) is 12.2 Å². The van der Waals surface area contributed by atoms with Crippen molar-refractivity contribution in [2.75, 3.05) is 6.54 Å². The lowest BCUT2D eigenvalue weighted by atomic mass is 9.78. The first-order chi connectivity index (χ1) is 7.77. The topological polar surface area (TPSA) is 12.0 Å². The van der Waals surface area contributed by atoms with E-state index in [2.05, 4.69) is 31.3 Å². The van der Waals surface area contributed by atoms with Crippen molar-refractivity contribution >= 4 is 0 Å². The molecule has 0 radical (unpaired) electrons. The van der Waals surface area contributed by atoms with Gasteiger partial charge in [0.15, 0.2) is 0 Å². The van der Waals surface area contributed by atoms with Crippen LogP contribution in [-0.4, -0.2) is 12.6 Å². The minimum atomic E-state index is 0.777. The smallest absolute Gasteiger partial charge is 0.0118 e. The van der Waals surface area contributed by atoms with E-state index in [0.29, 0.717) is 0 Å². The zero-order valence-electron chi connectivity index (χ0n) is 10.9. The zero-order chi connectivity index (χ0) is 11.4. The molecule has 1 fully saturated rings. The Bertz CT molecular complexity index is 224. The van der Waals surface area contributed by atoms with E-state index in [1.807, 2.05) is 0 Å². The van der Waals surface area contributed by atoms with Gasteiger partial charge < -0.3 is 5.32 Å². The van der Waals surface area contributed by atoms with Crippen LogP contribution in [0.2, 0.25) is 0 Å². The van der Waals surface area contributed by atoms with Crippen molar-refractivity contribution in [3.63, 3.8) is 0 Å². The summed E-state index contributed by atoms with van der Waals surface area (Å²) in [6, 6.07) is 0.777. The summed E-state index contributed by atoms with van der Waals surface area (Å²) in [5.41, 5.74) is 0. The van der Waals surface area contributed by atoms with Gasteiger partial charge in [0.25, 0.3) is 0 Å². The van der Waals surface area contributed by atoms with Gasteiger partial charge in [-0.15, -0.1) is 0 Å². The molecule has 3 unspecified atom stereocenters. The van der Waals surface area contributed by atoms with Crippen LogP contribution in [0, 0.1) is 17.8 Å². The highest BCUT2D eigenvalue weighted by atomic mass is 14.9. The summed E-state index contributed by atoms with van der Waals surface area (Å²) in [6.07, 6.45) is 13.0. The highest BCUT2D eigenvalue weighted by Gasteiger charge is 2.27. The largest absolute Gasteiger partial charge is 0.313 e. The summed E-state index contributed by atoms with van der Waals surface area (Å²) in [5.74, 6) is 2.65. The first-order valence-electron chi connectivity index (χ1n) is 7.15. The van der Waals surface area contributed by atoms with Crippen LogP contribution in [0.5, 0.6) is 0 Å². The molecular weight excluding hydrogens is 194 g/mol. The molecule has 0 aromatic carbocycles. The third kappa shape index (κ3) is 3.10. The Morgan fingerprint density at radius 2 is 1.81 bits per heavy atom. The number of hydrogen-bond donors (Lipinski definition) is 1. The second kappa shape index (κ2) is 5.86. The Morgan fingerprint density at radius 3 is 2.44 bits per heavy atom. The Balaban J connectivity index is 1.77. The van der Waals surface area contributed by atoms with E-state index in [1.54, 1.807) is 0 Å². The number of allylic oxidation sites excluding steroid dienone is 2. The minimum absolute atomic E-state index is 0.777. The van der Waals surface area contributed by atoms with Crippen LogP contribution in [0.3, 0.4) is 0 Å². The van der Waals surface area contributed by atoms with Crippen molar-refractivity contribution in [1.29, 1.82) is 0 Å². The average Bonchev–Trinajstić information content (AvgIpc) is 2.30. The lowest BCUT2D eigenvalue weighted by molar-refractivity contribution is 0.200. The molecule has 0 saturated heterocycles. The molecule has 16 heavy (non-hydrogen) atoms. The SMILES string of the molecule is CC1CCCC(C)C1NCC1CC=CCC1. The van der Waals surface area contributed by atoms with Crippen LogP contribution >= 0.6 is 0 Å². The van der Waals surface area contributed by atoms with Gasteiger partial charge in [-0.2, -0.15) is 0 Å². The molecule has 3 atom stereocenters. The molecule has 2 aliphatic rings. The highest BCUT2D eigenvalue weighted by molar-refractivity contribution is 4.92. The van der Waals surface area contributed by atoms with E-state index in [0.717, 1.165) is 23.8 Å². The molecule has 0 bridgehead atoms. The van der Waals surface area contributed by atoms with E-state index in [9.17, 15) is 0 Å². The maximum absolute atomic E-state index is 3.86. The summed E-state index contributed by atoms with van der Waals surface area (Å²) in [6.45, 7) is 6.09. The lowest BCUT2D eigenvalue weighted by Gasteiger charge is -2.36. The van der Waals surface area contributed by atoms with E-state index in [-0.39, 0.29) is 0 Å². The maximum Gasteiger partial charge on any atom is 0.0118 e. The predicted octanol–water partition coefficient (Wildman–Crippen LogP) is 3.76. The van der Waals surface area contributed by atoms with E-state index >= 15 is 0 Å². The maximum atomic E-state index is 3.86. The van der Waals surface area contributed by atoms with Crippen molar-refractivity contribution in [2.24, 2.45) is 17.8 Å². The van der Waals surface area contributed by atoms with Crippen LogP contribution < -0.4 is 5.32 Å². The molecule has 0 aromatic rings. The van der Waals surface area contributed by atoms with Crippen LogP contribution in [0.4, 0.5) is 0 Å². The first kappa shape index (κ1) is 12.2. The fourth-order valence-corrected chi connectivity index (χ4v) is 3.43. The number of hydrogen-bond acceptors (Lipinski definition) is 1. The summed E-state index contributed by atoms with van der Waals surface area (Å²) >= 11 is 0. The molecule has 2 aliphatic carbocycles. The zero-order valence-corrected chi connectivity index (χ0v) is 10.9. The Labute approximate surface area is 101 Å². The van der Waals surface area contributed by atoms with Crippen LogP contribution in [0.25, 0.3) is 0 Å². The van der Waals surface area contributed by atoms with E-state index in [1.165, 1.54) is 45.1 Å². The van der Waals surface area contributed by atoms with Gasteiger partial charge in [-0.25, -0.2) is 0 Å². The Morgan fingerprint density at radius 1 is 1.06 bits per heavy atom. The van der Waals surface area contributed by atoms with Crippen molar-refractivity contribution in [3.8, 4) is 0 Å². The first-order valence-corrected chi connectivity index (χ1v) is 7.15. The second-order valence-corrected chi connectivity index (χ2v) is 5.97. The van der Waals surface area contributed by atoms with Crippen LogP contribution in [0.1, 0.15) is 52.4 Å². The predicted molar refractivity (Wildman–Crippen MR) is 70.5 cm³/mol. The average molecular weight is 221 g/mol. The van der Waals surface area contributed by atoms with Gasteiger partial charge in [0.1, 0.15) is 0 Å². The standard InChI is InChI=1S/C15H27N/c1-12-7-6-8-13(2)15(12)16-11-14-9-4-3-5-10-14/h3-4,12-16H,5-11H2,1-2H3. The lowest BCUT2D eigenvalue weighted by Crippen LogP contribution is -2.44. The van der Waals surface area contributed by atoms with Gasteiger partial charge in [0.05, 0.1) is 0 Å². The Hall–Kier alpha value is -0.300. The molecule has 2 rings (SSSR count). The monoisotopic (exact) mass is 221 g/mol. The normalized spacial score (nSPS) is 39.9. The molecule has 1 heteroatoms. The quantitative estimate of drug-likeness (QED) is 0.716. The van der Waals surface area contributed by atoms with E-state index in [4.69, 9.17) is 0 Å².